The standard InChI is InChI=1S/C15H10ClF3N2O6S.C12H9F2N5O2S.C3H8NO5P/c1-28(25,26)20-14(22)10-7-9(3-4-12(10)21(23)24)27-13-5-2-8(6-11(13)16)15(17,18)19;1-7-5-6-19-11(15-7)16-12(17-19)22(20,21)18-10-8(13)3-2-4-9(10)14;5-3(6)1-4-2-10(7,8)9/h2-7H,1H3,(H,20,22);2-6,18H,1H3;4H,1-2H2,(H,5,6)(H2,7,8,9). The van der Waals surface area contributed by atoms with E-state index in [0.717, 1.165) is 47.0 Å². The fraction of sp³-hybridized carbons (Fsp3) is 0.167. The number of anilines is 1. The monoisotopic (exact) mass is 932 g/mol. The molecular weight excluding hydrogens is 906 g/mol. The fourth-order valence-corrected chi connectivity index (χ4v) is 6.09. The van der Waals surface area contributed by atoms with E-state index in [4.69, 9.17) is 31.2 Å². The van der Waals surface area contributed by atoms with Gasteiger partial charge in [-0.15, -0.1) is 5.10 Å². The fourth-order valence-electron chi connectivity index (χ4n) is 4.07. The first-order valence-electron chi connectivity index (χ1n) is 15.6. The number of fused-ring (bicyclic) bond motifs is 1. The third-order valence-electron chi connectivity index (χ3n) is 6.54. The molecule has 0 radical (unpaired) electrons. The lowest BCUT2D eigenvalue weighted by molar-refractivity contribution is -0.385. The van der Waals surface area contributed by atoms with Crippen molar-refractivity contribution in [2.75, 3.05) is 23.8 Å². The van der Waals surface area contributed by atoms with Crippen LogP contribution in [-0.2, 0) is 35.6 Å². The van der Waals surface area contributed by atoms with E-state index < -0.39 is 108 Å². The third kappa shape index (κ3) is 14.7. The highest BCUT2D eigenvalue weighted by Crippen LogP contribution is 2.37. The summed E-state index contributed by atoms with van der Waals surface area (Å²) in [6.07, 6.45) is -3.06. The Morgan fingerprint density at radius 2 is 1.65 bits per heavy atom. The van der Waals surface area contributed by atoms with Crippen molar-refractivity contribution in [2.45, 2.75) is 18.3 Å². The number of aryl methyl sites for hydroxylation is 1. The van der Waals surface area contributed by atoms with Crippen molar-refractivity contribution in [1.82, 2.24) is 29.6 Å². The number of amides is 1. The maximum Gasteiger partial charge on any atom is 0.416 e. The van der Waals surface area contributed by atoms with Gasteiger partial charge in [0.2, 0.25) is 10.0 Å². The number of sulfonamides is 2. The summed E-state index contributed by atoms with van der Waals surface area (Å²) in [5, 5.41) is 23.8. The molecule has 30 heteroatoms. The molecule has 0 unspecified atom stereocenters. The molecule has 0 spiro atoms. The van der Waals surface area contributed by atoms with Gasteiger partial charge in [0.1, 0.15) is 34.4 Å². The summed E-state index contributed by atoms with van der Waals surface area (Å²) >= 11 is 5.76. The molecule has 0 saturated carbocycles. The van der Waals surface area contributed by atoms with Crippen molar-refractivity contribution in [3.8, 4) is 11.5 Å². The minimum Gasteiger partial charge on any atom is -0.480 e. The second kappa shape index (κ2) is 19.4. The van der Waals surface area contributed by atoms with Gasteiger partial charge in [0.25, 0.3) is 32.6 Å². The number of carboxylic acids is 1. The summed E-state index contributed by atoms with van der Waals surface area (Å²) in [5.74, 6) is -4.84. The first-order chi connectivity index (χ1) is 27.6. The number of hydrogen-bond acceptors (Lipinski definition) is 14. The average molecular weight is 933 g/mol. The van der Waals surface area contributed by atoms with Crippen LogP contribution in [0.5, 0.6) is 11.5 Å². The van der Waals surface area contributed by atoms with Gasteiger partial charge in [0.05, 0.1) is 34.6 Å². The molecule has 0 fully saturated rings. The summed E-state index contributed by atoms with van der Waals surface area (Å²) in [5.41, 5.74) is -2.51. The van der Waals surface area contributed by atoms with Gasteiger partial charge in [-0.1, -0.05) is 17.7 Å². The Morgan fingerprint density at radius 3 is 2.18 bits per heavy atom. The van der Waals surface area contributed by atoms with Gasteiger partial charge < -0.3 is 19.6 Å². The van der Waals surface area contributed by atoms with Gasteiger partial charge in [-0.2, -0.15) is 26.6 Å². The number of benzene rings is 3. The van der Waals surface area contributed by atoms with Crippen LogP contribution < -0.4 is 19.5 Å². The summed E-state index contributed by atoms with van der Waals surface area (Å²) in [4.78, 5) is 56.0. The summed E-state index contributed by atoms with van der Waals surface area (Å²) in [7, 11) is -12.4. The Kier molecular flexibility index (Phi) is 15.7. The van der Waals surface area contributed by atoms with E-state index >= 15 is 0 Å². The van der Waals surface area contributed by atoms with E-state index in [-0.39, 0.29) is 17.3 Å². The second-order valence-electron chi connectivity index (χ2n) is 11.4. The van der Waals surface area contributed by atoms with Gasteiger partial charge in [-0.25, -0.2) is 31.4 Å². The molecule has 0 aliphatic rings. The molecule has 0 aliphatic carbocycles. The number of alkyl halides is 3. The number of aliphatic carboxylic acids is 1. The molecule has 0 aliphatic heterocycles. The van der Waals surface area contributed by atoms with E-state index in [0.29, 0.717) is 24.1 Å². The molecule has 2 aromatic heterocycles. The normalized spacial score (nSPS) is 11.7. The molecule has 6 N–H and O–H groups in total. The van der Waals surface area contributed by atoms with Crippen LogP contribution in [0.4, 0.5) is 33.3 Å². The number of aromatic nitrogens is 4. The third-order valence-corrected chi connectivity index (χ3v) is 9.15. The quantitative estimate of drug-likeness (QED) is 0.0445. The number of carbonyl (C=O) groups is 2. The number of nitrogens with zero attached hydrogens (tertiary/aromatic N) is 5. The van der Waals surface area contributed by atoms with Crippen molar-refractivity contribution in [3.05, 3.63) is 110 Å². The number of nitrogens with one attached hydrogen (secondary N) is 3. The predicted octanol–water partition coefficient (Wildman–Crippen LogP) is 4.06. The van der Waals surface area contributed by atoms with E-state index in [1.807, 2.05) is 0 Å². The zero-order chi connectivity index (χ0) is 45.4. The van der Waals surface area contributed by atoms with Gasteiger partial charge >= 0.3 is 19.7 Å². The van der Waals surface area contributed by atoms with Crippen molar-refractivity contribution in [3.63, 3.8) is 0 Å². The first-order valence-corrected chi connectivity index (χ1v) is 21.1. The van der Waals surface area contributed by atoms with E-state index in [1.165, 1.54) is 6.20 Å². The zero-order valence-corrected chi connectivity index (χ0v) is 33.2. The van der Waals surface area contributed by atoms with Gasteiger partial charge in [0.15, 0.2) is 0 Å². The van der Waals surface area contributed by atoms with Crippen LogP contribution in [0, 0.1) is 28.7 Å². The number of nitro benzene ring substituents is 1. The highest BCUT2D eigenvalue weighted by atomic mass is 35.5. The van der Waals surface area contributed by atoms with Crippen molar-refractivity contribution in [1.29, 1.82) is 0 Å². The summed E-state index contributed by atoms with van der Waals surface area (Å²) in [6.45, 7) is 1.26. The van der Waals surface area contributed by atoms with Crippen LogP contribution in [0.25, 0.3) is 5.78 Å². The molecule has 0 bridgehead atoms. The predicted molar refractivity (Wildman–Crippen MR) is 197 cm³/mol. The van der Waals surface area contributed by atoms with Gasteiger partial charge in [-0.05, 0) is 49.4 Å². The minimum absolute atomic E-state index is 0.0642. The minimum atomic E-state index is -4.62. The summed E-state index contributed by atoms with van der Waals surface area (Å²) < 4.78 is 132. The Labute approximate surface area is 338 Å². The zero-order valence-electron chi connectivity index (χ0n) is 30.0. The van der Waals surface area contributed by atoms with Crippen molar-refractivity contribution in [2.24, 2.45) is 0 Å². The van der Waals surface area contributed by atoms with Crippen molar-refractivity contribution < 1.29 is 77.5 Å². The molecule has 3 aromatic carbocycles. The smallest absolute Gasteiger partial charge is 0.416 e. The Balaban J connectivity index is 0.000000266. The van der Waals surface area contributed by atoms with Crippen LogP contribution in [0.2, 0.25) is 5.02 Å². The molecule has 324 valence electrons. The SMILES string of the molecule is CS(=O)(=O)NC(=O)c1cc(Oc2ccc(C(F)(F)F)cc2Cl)ccc1[N+](=O)[O-].Cc1ccn2nc(S(=O)(=O)Nc3c(F)cccc3F)nc2n1.O=C(O)CNCP(=O)(O)O. The highest BCUT2D eigenvalue weighted by Gasteiger charge is 2.31. The molecule has 1 amide bonds. The number of carboxylic acid groups (broad SMARTS) is 1. The Bertz CT molecular complexity index is 2680. The number of ether oxygens (including phenoxy) is 1. The van der Waals surface area contributed by atoms with Crippen LogP contribution in [-0.4, -0.2) is 87.2 Å². The topological polar surface area (TPSA) is 312 Å². The first kappa shape index (κ1) is 48.5. The van der Waals surface area contributed by atoms with E-state index in [1.54, 1.807) is 22.4 Å². The number of para-hydroxylation sites is 1. The number of hydrogen-bond donors (Lipinski definition) is 6. The molecule has 0 atom stereocenters. The maximum atomic E-state index is 13.5. The van der Waals surface area contributed by atoms with Crippen molar-refractivity contribution >= 4 is 68.3 Å². The number of nitro groups is 1. The highest BCUT2D eigenvalue weighted by molar-refractivity contribution is 7.92. The second-order valence-corrected chi connectivity index (χ2v) is 16.8. The lowest BCUT2D eigenvalue weighted by Crippen LogP contribution is -2.29. The summed E-state index contributed by atoms with van der Waals surface area (Å²) in [6, 6.07) is 9.69. The largest absolute Gasteiger partial charge is 0.480 e. The van der Waals surface area contributed by atoms with E-state index in [2.05, 4.69) is 20.4 Å². The Hall–Kier alpha value is -5.90. The lowest BCUT2D eigenvalue weighted by Gasteiger charge is -2.12. The van der Waals surface area contributed by atoms with Gasteiger partial charge in [0, 0.05) is 24.0 Å². The van der Waals surface area contributed by atoms with Crippen LogP contribution in [0.3, 0.4) is 0 Å². The molecule has 2 heterocycles. The van der Waals surface area contributed by atoms with Gasteiger partial charge in [-0.3, -0.25) is 34.3 Å². The average Bonchev–Trinajstić information content (AvgIpc) is 3.54. The number of halogens is 6. The molecule has 5 aromatic rings. The lowest BCUT2D eigenvalue weighted by atomic mass is 10.1. The van der Waals surface area contributed by atoms with Crippen LogP contribution in [0.15, 0.2) is 72.0 Å². The van der Waals surface area contributed by atoms with Crippen LogP contribution >= 0.6 is 19.2 Å². The molecule has 21 nitrogen and oxygen atoms in total. The maximum absolute atomic E-state index is 13.5. The number of rotatable bonds is 12. The molecular formula is C30H27ClF5N8O13PS2. The van der Waals surface area contributed by atoms with Crippen LogP contribution in [0.1, 0.15) is 21.6 Å². The molecule has 60 heavy (non-hydrogen) atoms. The Morgan fingerprint density at radius 1 is 1.02 bits per heavy atom. The number of carbonyl (C=O) groups excluding carboxylic acids is 1. The van der Waals surface area contributed by atoms with E-state index in [9.17, 15) is 63.1 Å². The molecule has 0 saturated heterocycles. The molecule has 5 rings (SSSR count).